The van der Waals surface area contributed by atoms with E-state index in [0.29, 0.717) is 13.2 Å². The van der Waals surface area contributed by atoms with Gasteiger partial charge in [0, 0.05) is 10.9 Å². The number of nitrogens with zero attached hydrogens (tertiary/aromatic N) is 1. The summed E-state index contributed by atoms with van der Waals surface area (Å²) in [6.45, 7) is 7.07. The molecule has 0 saturated heterocycles. The number of hydrogen-bond donors (Lipinski definition) is 1. The number of hydrogen-bond acceptors (Lipinski definition) is 5. The third kappa shape index (κ3) is 3.29. The van der Waals surface area contributed by atoms with Crippen LogP contribution >= 0.6 is 11.3 Å². The van der Waals surface area contributed by atoms with E-state index in [0.717, 1.165) is 27.8 Å². The molecule has 1 heterocycles. The molecule has 1 unspecified atom stereocenters. The molecule has 1 aromatic heterocycles. The molecule has 0 aliphatic rings. The zero-order valence-corrected chi connectivity index (χ0v) is 12.9. The Labute approximate surface area is 123 Å². The number of rotatable bonds is 6. The van der Waals surface area contributed by atoms with E-state index >= 15 is 0 Å². The molecule has 20 heavy (non-hydrogen) atoms. The molecule has 2 aromatic rings. The molecule has 1 aromatic carbocycles. The lowest BCUT2D eigenvalue weighted by Crippen LogP contribution is -2.03. The summed E-state index contributed by atoms with van der Waals surface area (Å²) in [6.07, 6.45) is 0. The summed E-state index contributed by atoms with van der Waals surface area (Å²) in [5.74, 6) is 1.52. The normalized spacial score (nSPS) is 12.2. The first-order valence-electron chi connectivity index (χ1n) is 6.76. The van der Waals surface area contributed by atoms with E-state index in [1.807, 2.05) is 44.4 Å². The minimum Gasteiger partial charge on any atom is -0.490 e. The summed E-state index contributed by atoms with van der Waals surface area (Å²) in [5, 5.41) is 2.95. The van der Waals surface area contributed by atoms with Crippen LogP contribution < -0.4 is 15.2 Å². The Kier molecular flexibility index (Phi) is 4.98. The SMILES string of the molecule is CCOc1ccc(-c2csc(C(C)N)n2)cc1OCC. The van der Waals surface area contributed by atoms with E-state index < -0.39 is 0 Å². The van der Waals surface area contributed by atoms with Gasteiger partial charge in [-0.2, -0.15) is 0 Å². The molecular weight excluding hydrogens is 272 g/mol. The Morgan fingerprint density at radius 2 is 1.90 bits per heavy atom. The van der Waals surface area contributed by atoms with Crippen molar-refractivity contribution in [3.8, 4) is 22.8 Å². The fraction of sp³-hybridized carbons (Fsp3) is 0.400. The van der Waals surface area contributed by atoms with Crippen LogP contribution in [0.4, 0.5) is 0 Å². The largest absolute Gasteiger partial charge is 0.490 e. The summed E-state index contributed by atoms with van der Waals surface area (Å²) < 4.78 is 11.2. The summed E-state index contributed by atoms with van der Waals surface area (Å²) >= 11 is 1.58. The fourth-order valence-corrected chi connectivity index (χ4v) is 2.63. The van der Waals surface area contributed by atoms with Crippen LogP contribution in [0.2, 0.25) is 0 Å². The average molecular weight is 292 g/mol. The minimum atomic E-state index is -0.0391. The van der Waals surface area contributed by atoms with E-state index in [2.05, 4.69) is 4.98 Å². The van der Waals surface area contributed by atoms with Crippen LogP contribution in [0.15, 0.2) is 23.6 Å². The molecule has 0 fully saturated rings. The van der Waals surface area contributed by atoms with Gasteiger partial charge in [-0.05, 0) is 39.0 Å². The summed E-state index contributed by atoms with van der Waals surface area (Å²) in [7, 11) is 0. The van der Waals surface area contributed by atoms with Crippen molar-refractivity contribution in [2.45, 2.75) is 26.8 Å². The fourth-order valence-electron chi connectivity index (χ4n) is 1.84. The minimum absolute atomic E-state index is 0.0391. The Morgan fingerprint density at radius 3 is 2.50 bits per heavy atom. The Balaban J connectivity index is 2.33. The van der Waals surface area contributed by atoms with Crippen LogP contribution in [-0.2, 0) is 0 Å². The molecule has 0 saturated carbocycles. The van der Waals surface area contributed by atoms with Crippen molar-refractivity contribution in [1.82, 2.24) is 4.98 Å². The van der Waals surface area contributed by atoms with Crippen LogP contribution in [0.5, 0.6) is 11.5 Å². The molecule has 2 rings (SSSR count). The number of thiazole rings is 1. The average Bonchev–Trinajstić information content (AvgIpc) is 2.91. The molecule has 0 radical (unpaired) electrons. The maximum atomic E-state index is 5.85. The van der Waals surface area contributed by atoms with Crippen LogP contribution in [-0.4, -0.2) is 18.2 Å². The first kappa shape index (κ1) is 14.8. The molecule has 0 aliphatic carbocycles. The van der Waals surface area contributed by atoms with Crippen molar-refractivity contribution in [3.63, 3.8) is 0 Å². The zero-order chi connectivity index (χ0) is 14.5. The second-order valence-electron chi connectivity index (χ2n) is 4.39. The van der Waals surface area contributed by atoms with Gasteiger partial charge in [0.1, 0.15) is 5.01 Å². The van der Waals surface area contributed by atoms with E-state index in [9.17, 15) is 0 Å². The maximum absolute atomic E-state index is 5.85. The van der Waals surface area contributed by atoms with Gasteiger partial charge in [0.25, 0.3) is 0 Å². The van der Waals surface area contributed by atoms with Crippen LogP contribution in [0.1, 0.15) is 31.8 Å². The Morgan fingerprint density at radius 1 is 1.20 bits per heavy atom. The van der Waals surface area contributed by atoms with Crippen LogP contribution in [0.25, 0.3) is 11.3 Å². The Hall–Kier alpha value is -1.59. The molecule has 0 bridgehead atoms. The quantitative estimate of drug-likeness (QED) is 0.883. The van der Waals surface area contributed by atoms with Gasteiger partial charge in [-0.1, -0.05) is 0 Å². The van der Waals surface area contributed by atoms with Gasteiger partial charge in [0.2, 0.25) is 0 Å². The molecular formula is C15H20N2O2S. The van der Waals surface area contributed by atoms with E-state index in [4.69, 9.17) is 15.2 Å². The van der Waals surface area contributed by atoms with Gasteiger partial charge in [-0.25, -0.2) is 4.98 Å². The standard InChI is InChI=1S/C15H20N2O2S/c1-4-18-13-7-6-11(8-14(13)19-5-2)12-9-20-15(17-12)10(3)16/h6-10H,4-5,16H2,1-3H3. The van der Waals surface area contributed by atoms with Crippen molar-refractivity contribution in [2.24, 2.45) is 5.73 Å². The van der Waals surface area contributed by atoms with Gasteiger partial charge < -0.3 is 15.2 Å². The highest BCUT2D eigenvalue weighted by Gasteiger charge is 2.11. The molecule has 0 aliphatic heterocycles. The van der Waals surface area contributed by atoms with E-state index in [1.165, 1.54) is 0 Å². The predicted octanol–water partition coefficient (Wildman–Crippen LogP) is 3.63. The highest BCUT2D eigenvalue weighted by molar-refractivity contribution is 7.10. The van der Waals surface area contributed by atoms with Crippen molar-refractivity contribution in [3.05, 3.63) is 28.6 Å². The summed E-state index contributed by atoms with van der Waals surface area (Å²) in [6, 6.07) is 5.85. The maximum Gasteiger partial charge on any atom is 0.161 e. The number of ether oxygens (including phenoxy) is 2. The first-order valence-corrected chi connectivity index (χ1v) is 7.64. The predicted molar refractivity (Wildman–Crippen MR) is 82.5 cm³/mol. The monoisotopic (exact) mass is 292 g/mol. The van der Waals surface area contributed by atoms with Crippen molar-refractivity contribution in [1.29, 1.82) is 0 Å². The smallest absolute Gasteiger partial charge is 0.161 e. The zero-order valence-electron chi connectivity index (χ0n) is 12.1. The summed E-state index contributed by atoms with van der Waals surface area (Å²) in [5.41, 5.74) is 7.79. The van der Waals surface area contributed by atoms with Crippen molar-refractivity contribution < 1.29 is 9.47 Å². The third-order valence-electron chi connectivity index (χ3n) is 2.75. The van der Waals surface area contributed by atoms with E-state index in [1.54, 1.807) is 11.3 Å². The second kappa shape index (κ2) is 6.72. The summed E-state index contributed by atoms with van der Waals surface area (Å²) in [4.78, 5) is 4.55. The van der Waals surface area contributed by atoms with Gasteiger partial charge in [0.05, 0.1) is 24.9 Å². The topological polar surface area (TPSA) is 57.4 Å². The van der Waals surface area contributed by atoms with Crippen molar-refractivity contribution in [2.75, 3.05) is 13.2 Å². The van der Waals surface area contributed by atoms with E-state index in [-0.39, 0.29) is 6.04 Å². The lowest BCUT2D eigenvalue weighted by Gasteiger charge is -2.11. The molecule has 1 atom stereocenters. The lowest BCUT2D eigenvalue weighted by molar-refractivity contribution is 0.288. The van der Waals surface area contributed by atoms with Gasteiger partial charge in [-0.15, -0.1) is 11.3 Å². The highest BCUT2D eigenvalue weighted by atomic mass is 32.1. The third-order valence-corrected chi connectivity index (χ3v) is 3.80. The molecule has 5 heteroatoms. The molecule has 4 nitrogen and oxygen atoms in total. The van der Waals surface area contributed by atoms with Crippen molar-refractivity contribution >= 4 is 11.3 Å². The lowest BCUT2D eigenvalue weighted by atomic mass is 10.1. The molecule has 2 N–H and O–H groups in total. The highest BCUT2D eigenvalue weighted by Crippen LogP contribution is 2.33. The van der Waals surface area contributed by atoms with Gasteiger partial charge >= 0.3 is 0 Å². The van der Waals surface area contributed by atoms with Gasteiger partial charge in [-0.3, -0.25) is 0 Å². The second-order valence-corrected chi connectivity index (χ2v) is 5.28. The molecule has 0 amide bonds. The van der Waals surface area contributed by atoms with Crippen LogP contribution in [0, 0.1) is 0 Å². The number of aromatic nitrogens is 1. The van der Waals surface area contributed by atoms with Gasteiger partial charge in [0.15, 0.2) is 11.5 Å². The number of nitrogens with two attached hydrogens (primary N) is 1. The Bertz CT molecular complexity index is 567. The number of benzene rings is 1. The molecule has 108 valence electrons. The van der Waals surface area contributed by atoms with Crippen LogP contribution in [0.3, 0.4) is 0 Å². The molecule has 0 spiro atoms. The first-order chi connectivity index (χ1) is 9.65.